The molecule has 3 atom stereocenters. The molecule has 2 amide bonds. The van der Waals surface area contributed by atoms with Crippen molar-refractivity contribution in [2.24, 2.45) is 11.8 Å². The second-order valence-electron chi connectivity index (χ2n) is 5.77. The Morgan fingerprint density at radius 2 is 2.10 bits per heavy atom. The Morgan fingerprint density at radius 1 is 1.40 bits per heavy atom. The number of carboxylic acids is 1. The minimum Gasteiger partial charge on any atom is -0.480 e. The molecule has 112 valence electrons. The van der Waals surface area contributed by atoms with Crippen LogP contribution >= 0.6 is 0 Å². The van der Waals surface area contributed by atoms with E-state index in [4.69, 9.17) is 0 Å². The zero-order chi connectivity index (χ0) is 14.9. The van der Waals surface area contributed by atoms with Gasteiger partial charge in [0, 0.05) is 26.1 Å². The van der Waals surface area contributed by atoms with Crippen LogP contribution in [-0.2, 0) is 14.4 Å². The van der Waals surface area contributed by atoms with Crippen molar-refractivity contribution in [2.75, 3.05) is 19.6 Å². The number of hydrogen-bond donors (Lipinski definition) is 1. The fourth-order valence-corrected chi connectivity index (χ4v) is 3.29. The molecule has 0 radical (unpaired) electrons. The van der Waals surface area contributed by atoms with Crippen LogP contribution in [0, 0.1) is 11.8 Å². The van der Waals surface area contributed by atoms with E-state index in [1.165, 1.54) is 4.90 Å². The number of aliphatic carboxylic acids is 1. The second kappa shape index (κ2) is 5.81. The lowest BCUT2D eigenvalue weighted by molar-refractivity contribution is -0.156. The van der Waals surface area contributed by atoms with Crippen LogP contribution in [0.1, 0.15) is 33.1 Å². The first-order valence-corrected chi connectivity index (χ1v) is 7.26. The third kappa shape index (κ3) is 2.64. The number of rotatable bonds is 3. The van der Waals surface area contributed by atoms with Crippen LogP contribution in [-0.4, -0.2) is 58.4 Å². The maximum atomic E-state index is 12.6. The Hall–Kier alpha value is -1.59. The molecule has 2 saturated heterocycles. The van der Waals surface area contributed by atoms with E-state index in [1.807, 2.05) is 13.8 Å². The van der Waals surface area contributed by atoms with Crippen LogP contribution in [0.25, 0.3) is 0 Å². The van der Waals surface area contributed by atoms with Gasteiger partial charge in [-0.2, -0.15) is 0 Å². The van der Waals surface area contributed by atoms with Crippen molar-refractivity contribution in [1.82, 2.24) is 9.80 Å². The molecule has 0 aromatic rings. The fraction of sp³-hybridized carbons (Fsp3) is 0.786. The largest absolute Gasteiger partial charge is 0.480 e. The zero-order valence-electron chi connectivity index (χ0n) is 12.0. The van der Waals surface area contributed by atoms with Crippen molar-refractivity contribution in [3.63, 3.8) is 0 Å². The van der Waals surface area contributed by atoms with Crippen LogP contribution in [0.5, 0.6) is 0 Å². The Balaban J connectivity index is 2.11. The molecule has 0 aliphatic carbocycles. The number of piperidine rings is 1. The molecule has 0 bridgehead atoms. The molecule has 20 heavy (non-hydrogen) atoms. The molecule has 2 aliphatic rings. The van der Waals surface area contributed by atoms with Gasteiger partial charge in [-0.05, 0) is 25.7 Å². The van der Waals surface area contributed by atoms with Crippen LogP contribution < -0.4 is 0 Å². The lowest BCUT2D eigenvalue weighted by Crippen LogP contribution is -2.53. The third-order valence-corrected chi connectivity index (χ3v) is 4.41. The summed E-state index contributed by atoms with van der Waals surface area (Å²) in [6, 6.07) is -0.748. The van der Waals surface area contributed by atoms with Gasteiger partial charge in [-0.3, -0.25) is 9.59 Å². The van der Waals surface area contributed by atoms with Crippen molar-refractivity contribution in [2.45, 2.75) is 39.2 Å². The van der Waals surface area contributed by atoms with Crippen LogP contribution in [0.2, 0.25) is 0 Å². The number of amides is 2. The number of hydrogen-bond acceptors (Lipinski definition) is 3. The summed E-state index contributed by atoms with van der Waals surface area (Å²) in [7, 11) is 0. The second-order valence-corrected chi connectivity index (χ2v) is 5.77. The topological polar surface area (TPSA) is 77.9 Å². The highest BCUT2D eigenvalue weighted by atomic mass is 16.4. The minimum absolute atomic E-state index is 0.0113. The van der Waals surface area contributed by atoms with Gasteiger partial charge >= 0.3 is 5.97 Å². The van der Waals surface area contributed by atoms with E-state index in [2.05, 4.69) is 0 Å². The summed E-state index contributed by atoms with van der Waals surface area (Å²) in [6.45, 7) is 5.26. The van der Waals surface area contributed by atoms with Crippen LogP contribution in [0.15, 0.2) is 0 Å². The lowest BCUT2D eigenvalue weighted by Gasteiger charge is -2.38. The maximum absolute atomic E-state index is 12.6. The SMILES string of the molecule is CCN1CC(C(=O)N2CCCC(C)C2C(=O)O)CC1=O. The van der Waals surface area contributed by atoms with Crippen molar-refractivity contribution in [3.8, 4) is 0 Å². The molecule has 6 nitrogen and oxygen atoms in total. The monoisotopic (exact) mass is 282 g/mol. The zero-order valence-corrected chi connectivity index (χ0v) is 12.0. The molecular weight excluding hydrogens is 260 g/mol. The average molecular weight is 282 g/mol. The molecular formula is C14H22N2O4. The summed E-state index contributed by atoms with van der Waals surface area (Å²) in [5.74, 6) is -1.54. The van der Waals surface area contributed by atoms with E-state index in [1.54, 1.807) is 4.90 Å². The first-order chi connectivity index (χ1) is 9.45. The highest BCUT2D eigenvalue weighted by Crippen LogP contribution is 2.28. The van der Waals surface area contributed by atoms with Gasteiger partial charge in [0.2, 0.25) is 11.8 Å². The number of carbonyl (C=O) groups is 3. The molecule has 3 unspecified atom stereocenters. The summed E-state index contributed by atoms with van der Waals surface area (Å²) >= 11 is 0. The van der Waals surface area contributed by atoms with Crippen molar-refractivity contribution in [1.29, 1.82) is 0 Å². The highest BCUT2D eigenvalue weighted by Gasteiger charge is 2.42. The van der Waals surface area contributed by atoms with E-state index < -0.39 is 12.0 Å². The van der Waals surface area contributed by atoms with Gasteiger partial charge in [0.25, 0.3) is 0 Å². The Bertz CT molecular complexity index is 423. The van der Waals surface area contributed by atoms with E-state index >= 15 is 0 Å². The normalized spacial score (nSPS) is 30.7. The van der Waals surface area contributed by atoms with Gasteiger partial charge in [0.05, 0.1) is 5.92 Å². The number of likely N-dealkylation sites (tertiary alicyclic amines) is 2. The van der Waals surface area contributed by atoms with Crippen LogP contribution in [0.3, 0.4) is 0 Å². The Labute approximate surface area is 118 Å². The predicted molar refractivity (Wildman–Crippen MR) is 71.9 cm³/mol. The molecule has 0 spiro atoms. The molecule has 2 fully saturated rings. The van der Waals surface area contributed by atoms with Gasteiger partial charge in [-0.15, -0.1) is 0 Å². The summed E-state index contributed by atoms with van der Waals surface area (Å²) in [4.78, 5) is 38.8. The first kappa shape index (κ1) is 14.8. The van der Waals surface area contributed by atoms with E-state index in [-0.39, 0.29) is 30.1 Å². The van der Waals surface area contributed by atoms with Crippen molar-refractivity contribution in [3.05, 3.63) is 0 Å². The fourth-order valence-electron chi connectivity index (χ4n) is 3.29. The standard InChI is InChI=1S/C14H22N2O4/c1-3-15-8-10(7-11(15)17)13(18)16-6-4-5-9(2)12(16)14(19)20/h9-10,12H,3-8H2,1-2H3,(H,19,20). The van der Waals surface area contributed by atoms with Crippen molar-refractivity contribution >= 4 is 17.8 Å². The molecule has 1 N–H and O–H groups in total. The van der Waals surface area contributed by atoms with Gasteiger partial charge in [-0.1, -0.05) is 6.92 Å². The third-order valence-electron chi connectivity index (χ3n) is 4.41. The lowest BCUT2D eigenvalue weighted by atomic mass is 9.89. The van der Waals surface area contributed by atoms with E-state index in [0.29, 0.717) is 19.6 Å². The maximum Gasteiger partial charge on any atom is 0.326 e. The number of carboxylic acid groups (broad SMARTS) is 1. The molecule has 2 heterocycles. The molecule has 0 aromatic carbocycles. The molecule has 2 aliphatic heterocycles. The van der Waals surface area contributed by atoms with Crippen LogP contribution in [0.4, 0.5) is 0 Å². The highest BCUT2D eigenvalue weighted by molar-refractivity contribution is 5.91. The summed E-state index contributed by atoms with van der Waals surface area (Å²) in [5.41, 5.74) is 0. The first-order valence-electron chi connectivity index (χ1n) is 7.26. The van der Waals surface area contributed by atoms with E-state index in [0.717, 1.165) is 12.8 Å². The quantitative estimate of drug-likeness (QED) is 0.820. The van der Waals surface area contributed by atoms with Gasteiger partial charge in [0.15, 0.2) is 0 Å². The summed E-state index contributed by atoms with van der Waals surface area (Å²) in [5, 5.41) is 9.35. The average Bonchev–Trinajstić information content (AvgIpc) is 2.78. The number of carbonyl (C=O) groups excluding carboxylic acids is 2. The smallest absolute Gasteiger partial charge is 0.326 e. The van der Waals surface area contributed by atoms with E-state index in [9.17, 15) is 19.5 Å². The van der Waals surface area contributed by atoms with Gasteiger partial charge < -0.3 is 14.9 Å². The predicted octanol–water partition coefficient (Wildman–Crippen LogP) is 0.566. The molecule has 6 heteroatoms. The summed E-state index contributed by atoms with van der Waals surface area (Å²) in [6.07, 6.45) is 1.87. The van der Waals surface area contributed by atoms with Gasteiger partial charge in [0.1, 0.15) is 6.04 Å². The Morgan fingerprint density at radius 3 is 2.65 bits per heavy atom. The van der Waals surface area contributed by atoms with Gasteiger partial charge in [-0.25, -0.2) is 4.79 Å². The minimum atomic E-state index is -0.942. The summed E-state index contributed by atoms with van der Waals surface area (Å²) < 4.78 is 0. The number of nitrogens with zero attached hydrogens (tertiary/aromatic N) is 2. The molecule has 0 saturated carbocycles. The Kier molecular flexibility index (Phi) is 4.30. The molecule has 0 aromatic heterocycles. The molecule has 2 rings (SSSR count). The van der Waals surface area contributed by atoms with Crippen molar-refractivity contribution < 1.29 is 19.5 Å².